The molecule has 0 atom stereocenters. The van der Waals surface area contributed by atoms with Crippen molar-refractivity contribution in [2.24, 2.45) is 5.92 Å². The highest BCUT2D eigenvalue weighted by Gasteiger charge is 2.15. The van der Waals surface area contributed by atoms with Crippen LogP contribution in [0.3, 0.4) is 0 Å². The lowest BCUT2D eigenvalue weighted by atomic mass is 9.90. The zero-order valence-electron chi connectivity index (χ0n) is 13.9. The number of hydrogen-bond donors (Lipinski definition) is 1. The molecule has 3 rings (SSSR count). The van der Waals surface area contributed by atoms with Gasteiger partial charge in [-0.3, -0.25) is 9.78 Å². The predicted octanol–water partition coefficient (Wildman–Crippen LogP) is 4.22. The van der Waals surface area contributed by atoms with Gasteiger partial charge in [-0.1, -0.05) is 37.5 Å². The van der Waals surface area contributed by atoms with Gasteiger partial charge in [-0.2, -0.15) is 0 Å². The maximum absolute atomic E-state index is 12.3. The lowest BCUT2D eigenvalue weighted by molar-refractivity contribution is -0.115. The zero-order chi connectivity index (χ0) is 16.6. The molecule has 1 heterocycles. The number of nitrogens with one attached hydrogen (secondary N) is 1. The summed E-state index contributed by atoms with van der Waals surface area (Å²) >= 11 is 0. The van der Waals surface area contributed by atoms with E-state index in [4.69, 9.17) is 4.74 Å². The molecule has 0 unspecified atom stereocenters. The van der Waals surface area contributed by atoms with Crippen molar-refractivity contribution in [1.29, 1.82) is 0 Å². The average molecular weight is 324 g/mol. The Kier molecular flexibility index (Phi) is 5.83. The van der Waals surface area contributed by atoms with Gasteiger partial charge in [0.25, 0.3) is 0 Å². The van der Waals surface area contributed by atoms with E-state index in [1.54, 1.807) is 24.5 Å². The Morgan fingerprint density at radius 1 is 1.08 bits per heavy atom. The van der Waals surface area contributed by atoms with E-state index >= 15 is 0 Å². The summed E-state index contributed by atoms with van der Waals surface area (Å²) < 4.78 is 6.04. The third kappa shape index (κ3) is 4.82. The van der Waals surface area contributed by atoms with E-state index in [-0.39, 0.29) is 5.91 Å². The summed E-state index contributed by atoms with van der Waals surface area (Å²) in [5.41, 5.74) is 1.69. The Bertz CT molecular complexity index is 652. The first-order valence-electron chi connectivity index (χ1n) is 8.72. The van der Waals surface area contributed by atoms with Crippen LogP contribution in [0, 0.1) is 5.92 Å². The number of anilines is 1. The van der Waals surface area contributed by atoms with E-state index in [1.807, 2.05) is 24.3 Å². The largest absolute Gasteiger partial charge is 0.493 e. The fraction of sp³-hybridized carbons (Fsp3) is 0.400. The summed E-state index contributed by atoms with van der Waals surface area (Å²) in [6.07, 6.45) is 10.1. The standard InChI is InChI=1S/C20H24N2O2/c23-20(22-18-10-12-21-13-11-18)14-17-8-4-5-9-19(17)24-15-16-6-2-1-3-7-16/h4-5,8-13,16H,1-3,6-7,14-15H2,(H,21,22,23). The van der Waals surface area contributed by atoms with Crippen molar-refractivity contribution in [1.82, 2.24) is 4.98 Å². The number of ether oxygens (including phenoxy) is 1. The monoisotopic (exact) mass is 324 g/mol. The number of nitrogens with zero attached hydrogens (tertiary/aromatic N) is 1. The van der Waals surface area contributed by atoms with E-state index < -0.39 is 0 Å². The van der Waals surface area contributed by atoms with Crippen molar-refractivity contribution >= 4 is 11.6 Å². The molecular weight excluding hydrogens is 300 g/mol. The highest BCUT2D eigenvalue weighted by atomic mass is 16.5. The molecule has 1 aromatic heterocycles. The molecule has 0 aliphatic heterocycles. The van der Waals surface area contributed by atoms with Crippen molar-refractivity contribution in [2.45, 2.75) is 38.5 Å². The van der Waals surface area contributed by atoms with Gasteiger partial charge >= 0.3 is 0 Å². The van der Waals surface area contributed by atoms with Gasteiger partial charge in [0.1, 0.15) is 5.75 Å². The number of carbonyl (C=O) groups excluding carboxylic acids is 1. The van der Waals surface area contributed by atoms with E-state index in [9.17, 15) is 4.79 Å². The van der Waals surface area contributed by atoms with Crippen LogP contribution in [0.15, 0.2) is 48.8 Å². The summed E-state index contributed by atoms with van der Waals surface area (Å²) in [6.45, 7) is 0.753. The van der Waals surface area contributed by atoms with Gasteiger partial charge in [0.05, 0.1) is 13.0 Å². The van der Waals surface area contributed by atoms with Gasteiger partial charge in [0.2, 0.25) is 5.91 Å². The Hall–Kier alpha value is -2.36. The SMILES string of the molecule is O=C(Cc1ccccc1OCC1CCCCC1)Nc1ccncc1. The lowest BCUT2D eigenvalue weighted by Gasteiger charge is -2.22. The highest BCUT2D eigenvalue weighted by Crippen LogP contribution is 2.26. The highest BCUT2D eigenvalue weighted by molar-refractivity contribution is 5.92. The molecule has 1 aliphatic carbocycles. The fourth-order valence-corrected chi connectivity index (χ4v) is 3.17. The first kappa shape index (κ1) is 16.5. The Labute approximate surface area is 143 Å². The molecule has 0 bridgehead atoms. The molecule has 1 N–H and O–H groups in total. The zero-order valence-corrected chi connectivity index (χ0v) is 13.9. The van der Waals surface area contributed by atoms with Crippen LogP contribution in [-0.4, -0.2) is 17.5 Å². The molecule has 4 heteroatoms. The van der Waals surface area contributed by atoms with Gasteiger partial charge in [0.15, 0.2) is 0 Å². The third-order valence-electron chi connectivity index (χ3n) is 4.49. The first-order valence-corrected chi connectivity index (χ1v) is 8.72. The first-order chi connectivity index (χ1) is 11.8. The molecule has 1 aliphatic rings. The van der Waals surface area contributed by atoms with Crippen molar-refractivity contribution in [2.75, 3.05) is 11.9 Å². The van der Waals surface area contributed by atoms with Crippen LogP contribution in [0.1, 0.15) is 37.7 Å². The number of carbonyl (C=O) groups is 1. The summed E-state index contributed by atoms with van der Waals surface area (Å²) in [6, 6.07) is 11.4. The van der Waals surface area contributed by atoms with Crippen LogP contribution in [0.5, 0.6) is 5.75 Å². The average Bonchev–Trinajstić information content (AvgIpc) is 2.63. The van der Waals surface area contributed by atoms with Crippen molar-refractivity contribution in [3.63, 3.8) is 0 Å². The number of para-hydroxylation sites is 1. The van der Waals surface area contributed by atoms with Crippen LogP contribution in [0.2, 0.25) is 0 Å². The van der Waals surface area contributed by atoms with E-state index in [0.717, 1.165) is 23.6 Å². The smallest absolute Gasteiger partial charge is 0.228 e. The topological polar surface area (TPSA) is 51.2 Å². The minimum Gasteiger partial charge on any atom is -0.493 e. The van der Waals surface area contributed by atoms with Crippen molar-refractivity contribution in [3.8, 4) is 5.75 Å². The number of hydrogen-bond acceptors (Lipinski definition) is 3. The van der Waals surface area contributed by atoms with Crippen LogP contribution in [0.4, 0.5) is 5.69 Å². The van der Waals surface area contributed by atoms with Crippen LogP contribution in [-0.2, 0) is 11.2 Å². The van der Waals surface area contributed by atoms with E-state index in [1.165, 1.54) is 32.1 Å². The Morgan fingerprint density at radius 3 is 2.62 bits per heavy atom. The van der Waals surface area contributed by atoms with Crippen molar-refractivity contribution < 1.29 is 9.53 Å². The van der Waals surface area contributed by atoms with E-state index in [0.29, 0.717) is 12.3 Å². The number of aromatic nitrogens is 1. The molecule has 1 saturated carbocycles. The van der Waals surface area contributed by atoms with Gasteiger partial charge in [-0.25, -0.2) is 0 Å². The van der Waals surface area contributed by atoms with Gasteiger partial charge < -0.3 is 10.1 Å². The second kappa shape index (κ2) is 8.48. The molecule has 4 nitrogen and oxygen atoms in total. The van der Waals surface area contributed by atoms with Gasteiger partial charge in [-0.15, -0.1) is 0 Å². The van der Waals surface area contributed by atoms with Crippen LogP contribution >= 0.6 is 0 Å². The molecule has 1 amide bonds. The molecule has 0 spiro atoms. The predicted molar refractivity (Wildman–Crippen MR) is 95.1 cm³/mol. The lowest BCUT2D eigenvalue weighted by Crippen LogP contribution is -2.17. The summed E-state index contributed by atoms with van der Waals surface area (Å²) in [7, 11) is 0. The molecule has 1 aromatic carbocycles. The molecule has 24 heavy (non-hydrogen) atoms. The number of pyridine rings is 1. The summed E-state index contributed by atoms with van der Waals surface area (Å²) in [5.74, 6) is 1.43. The second-order valence-electron chi connectivity index (χ2n) is 6.38. The molecular formula is C20H24N2O2. The van der Waals surface area contributed by atoms with Gasteiger partial charge in [-0.05, 0) is 37.0 Å². The summed E-state index contributed by atoms with van der Waals surface area (Å²) in [4.78, 5) is 16.2. The van der Waals surface area contributed by atoms with Gasteiger partial charge in [0, 0.05) is 23.6 Å². The summed E-state index contributed by atoms with van der Waals surface area (Å²) in [5, 5.41) is 2.89. The number of benzene rings is 1. The normalized spacial score (nSPS) is 15.0. The Balaban J connectivity index is 1.57. The quantitative estimate of drug-likeness (QED) is 0.865. The molecule has 1 fully saturated rings. The van der Waals surface area contributed by atoms with Crippen LogP contribution in [0.25, 0.3) is 0 Å². The second-order valence-corrected chi connectivity index (χ2v) is 6.38. The number of amides is 1. The number of rotatable bonds is 6. The fourth-order valence-electron chi connectivity index (χ4n) is 3.17. The molecule has 0 radical (unpaired) electrons. The third-order valence-corrected chi connectivity index (χ3v) is 4.49. The Morgan fingerprint density at radius 2 is 1.83 bits per heavy atom. The molecule has 2 aromatic rings. The molecule has 0 saturated heterocycles. The van der Waals surface area contributed by atoms with Crippen molar-refractivity contribution in [3.05, 3.63) is 54.4 Å². The minimum atomic E-state index is -0.0464. The van der Waals surface area contributed by atoms with Crippen LogP contribution < -0.4 is 10.1 Å². The maximum atomic E-state index is 12.3. The maximum Gasteiger partial charge on any atom is 0.228 e. The minimum absolute atomic E-state index is 0.0464. The van der Waals surface area contributed by atoms with E-state index in [2.05, 4.69) is 10.3 Å². The molecule has 126 valence electrons.